The van der Waals surface area contributed by atoms with Crippen molar-refractivity contribution in [2.24, 2.45) is 17.7 Å². The van der Waals surface area contributed by atoms with Crippen LogP contribution in [-0.4, -0.2) is 35.7 Å². The standard InChI is InChI=1S/C14H29N3O2/c1-10(2)8-12(16-15)11-6-7-17(9-11)13(18)19-14(3,4)5/h10-12,16H,6-9,15H2,1-5H3. The predicted molar refractivity (Wildman–Crippen MR) is 76.5 cm³/mol. The summed E-state index contributed by atoms with van der Waals surface area (Å²) in [4.78, 5) is 13.8. The van der Waals surface area contributed by atoms with Gasteiger partial charge < -0.3 is 9.64 Å². The molecule has 112 valence electrons. The average Bonchev–Trinajstić information content (AvgIpc) is 2.72. The molecule has 2 atom stereocenters. The van der Waals surface area contributed by atoms with Crippen LogP contribution in [0.3, 0.4) is 0 Å². The maximum atomic E-state index is 12.0. The fraction of sp³-hybridized carbons (Fsp3) is 0.929. The number of likely N-dealkylation sites (tertiary alicyclic amines) is 1. The Labute approximate surface area is 116 Å². The Balaban J connectivity index is 2.50. The number of amides is 1. The Kier molecular flexibility index (Phi) is 5.62. The summed E-state index contributed by atoms with van der Waals surface area (Å²) in [6, 6.07) is 0.271. The van der Waals surface area contributed by atoms with Crippen LogP contribution in [0.4, 0.5) is 4.79 Å². The normalized spacial score (nSPS) is 21.8. The van der Waals surface area contributed by atoms with Gasteiger partial charge in [0.1, 0.15) is 5.60 Å². The topological polar surface area (TPSA) is 67.6 Å². The average molecular weight is 271 g/mol. The highest BCUT2D eigenvalue weighted by Crippen LogP contribution is 2.24. The number of nitrogens with zero attached hydrogens (tertiary/aromatic N) is 1. The SMILES string of the molecule is CC(C)CC(NN)C1CCN(C(=O)OC(C)(C)C)C1. The fourth-order valence-electron chi connectivity index (χ4n) is 2.51. The molecule has 5 nitrogen and oxygen atoms in total. The largest absolute Gasteiger partial charge is 0.444 e. The van der Waals surface area contributed by atoms with Crippen LogP contribution < -0.4 is 11.3 Å². The minimum atomic E-state index is -0.432. The van der Waals surface area contributed by atoms with Gasteiger partial charge in [-0.25, -0.2) is 4.79 Å². The number of rotatable bonds is 4. The minimum absolute atomic E-state index is 0.213. The summed E-state index contributed by atoms with van der Waals surface area (Å²) >= 11 is 0. The Morgan fingerprint density at radius 3 is 2.58 bits per heavy atom. The lowest BCUT2D eigenvalue weighted by Gasteiger charge is -2.26. The number of hydrazine groups is 1. The molecule has 0 radical (unpaired) electrons. The van der Waals surface area contributed by atoms with Crippen molar-refractivity contribution in [3.05, 3.63) is 0 Å². The summed E-state index contributed by atoms with van der Waals surface area (Å²) in [5.41, 5.74) is 2.47. The van der Waals surface area contributed by atoms with E-state index in [1.165, 1.54) is 0 Å². The number of hydrogen-bond donors (Lipinski definition) is 2. The Hall–Kier alpha value is -0.810. The molecule has 0 aromatic rings. The van der Waals surface area contributed by atoms with Gasteiger partial charge in [-0.3, -0.25) is 11.3 Å². The van der Waals surface area contributed by atoms with Crippen molar-refractivity contribution >= 4 is 6.09 Å². The molecule has 0 spiro atoms. The van der Waals surface area contributed by atoms with Crippen LogP contribution >= 0.6 is 0 Å². The van der Waals surface area contributed by atoms with Crippen molar-refractivity contribution in [3.63, 3.8) is 0 Å². The van der Waals surface area contributed by atoms with Gasteiger partial charge >= 0.3 is 6.09 Å². The maximum Gasteiger partial charge on any atom is 0.410 e. The molecule has 1 aliphatic heterocycles. The summed E-state index contributed by atoms with van der Waals surface area (Å²) in [5, 5.41) is 0. The monoisotopic (exact) mass is 271 g/mol. The van der Waals surface area contributed by atoms with Gasteiger partial charge in [-0.1, -0.05) is 13.8 Å². The molecule has 1 fully saturated rings. The molecular weight excluding hydrogens is 242 g/mol. The molecule has 0 bridgehead atoms. The first-order chi connectivity index (χ1) is 8.73. The predicted octanol–water partition coefficient (Wildman–Crippen LogP) is 2.12. The third-order valence-electron chi connectivity index (χ3n) is 3.38. The van der Waals surface area contributed by atoms with Crippen molar-refractivity contribution in [1.82, 2.24) is 10.3 Å². The summed E-state index contributed by atoms with van der Waals surface area (Å²) < 4.78 is 5.40. The van der Waals surface area contributed by atoms with E-state index < -0.39 is 5.60 Å². The lowest BCUT2D eigenvalue weighted by atomic mass is 9.92. The van der Waals surface area contributed by atoms with Crippen LogP contribution in [0.15, 0.2) is 0 Å². The van der Waals surface area contributed by atoms with Crippen molar-refractivity contribution in [1.29, 1.82) is 0 Å². The molecule has 3 N–H and O–H groups in total. The first kappa shape index (κ1) is 16.2. The summed E-state index contributed by atoms with van der Waals surface area (Å²) in [7, 11) is 0. The Morgan fingerprint density at radius 1 is 1.47 bits per heavy atom. The Bertz CT molecular complexity index is 300. The Morgan fingerprint density at radius 2 is 2.11 bits per heavy atom. The summed E-state index contributed by atoms with van der Waals surface area (Å²) in [6.45, 7) is 11.5. The van der Waals surface area contributed by atoms with Crippen LogP contribution in [-0.2, 0) is 4.74 Å². The molecule has 1 saturated heterocycles. The van der Waals surface area contributed by atoms with Crippen molar-refractivity contribution in [2.45, 2.75) is 59.1 Å². The smallest absolute Gasteiger partial charge is 0.410 e. The zero-order valence-electron chi connectivity index (χ0n) is 12.9. The highest BCUT2D eigenvalue weighted by molar-refractivity contribution is 5.68. The summed E-state index contributed by atoms with van der Waals surface area (Å²) in [6.07, 6.45) is 1.81. The molecule has 1 rings (SSSR count). The van der Waals surface area contributed by atoms with Gasteiger partial charge in [0.15, 0.2) is 0 Å². The van der Waals surface area contributed by atoms with Crippen LogP contribution in [0.2, 0.25) is 0 Å². The fourth-order valence-corrected chi connectivity index (χ4v) is 2.51. The van der Waals surface area contributed by atoms with Gasteiger partial charge in [0, 0.05) is 19.1 Å². The van der Waals surface area contributed by atoms with Crippen molar-refractivity contribution in [2.75, 3.05) is 13.1 Å². The highest BCUT2D eigenvalue weighted by Gasteiger charge is 2.33. The molecule has 5 heteroatoms. The lowest BCUT2D eigenvalue weighted by Crippen LogP contribution is -2.43. The van der Waals surface area contributed by atoms with E-state index in [0.717, 1.165) is 25.9 Å². The van der Waals surface area contributed by atoms with E-state index in [9.17, 15) is 4.79 Å². The molecule has 1 amide bonds. The number of hydrogen-bond acceptors (Lipinski definition) is 4. The molecule has 0 saturated carbocycles. The van der Waals surface area contributed by atoms with Crippen molar-refractivity contribution in [3.8, 4) is 0 Å². The van der Waals surface area contributed by atoms with Gasteiger partial charge in [-0.2, -0.15) is 0 Å². The second-order valence-electron chi connectivity index (χ2n) is 6.88. The zero-order chi connectivity index (χ0) is 14.6. The van der Waals surface area contributed by atoms with E-state index in [1.54, 1.807) is 4.90 Å². The number of carbonyl (C=O) groups excluding carboxylic acids is 1. The van der Waals surface area contributed by atoms with Gasteiger partial charge in [-0.15, -0.1) is 0 Å². The molecule has 1 aliphatic rings. The van der Waals surface area contributed by atoms with E-state index in [2.05, 4.69) is 19.3 Å². The van der Waals surface area contributed by atoms with Gasteiger partial charge in [0.25, 0.3) is 0 Å². The van der Waals surface area contributed by atoms with Crippen LogP contribution in [0.1, 0.15) is 47.5 Å². The molecule has 2 unspecified atom stereocenters. The number of nitrogens with two attached hydrogens (primary N) is 1. The number of nitrogens with one attached hydrogen (secondary N) is 1. The van der Waals surface area contributed by atoms with E-state index in [4.69, 9.17) is 10.6 Å². The zero-order valence-corrected chi connectivity index (χ0v) is 12.9. The first-order valence-electron chi connectivity index (χ1n) is 7.17. The summed E-state index contributed by atoms with van der Waals surface area (Å²) in [5.74, 6) is 6.65. The quantitative estimate of drug-likeness (QED) is 0.607. The van der Waals surface area contributed by atoms with Crippen LogP contribution in [0.25, 0.3) is 0 Å². The lowest BCUT2D eigenvalue weighted by molar-refractivity contribution is 0.0285. The van der Waals surface area contributed by atoms with Crippen LogP contribution in [0, 0.1) is 11.8 Å². The van der Waals surface area contributed by atoms with E-state index >= 15 is 0 Å². The number of carbonyl (C=O) groups is 1. The van der Waals surface area contributed by atoms with Gasteiger partial charge in [-0.05, 0) is 45.4 Å². The molecule has 19 heavy (non-hydrogen) atoms. The third kappa shape index (κ3) is 5.37. The molecule has 0 aromatic carbocycles. The molecule has 0 aromatic heterocycles. The second kappa shape index (κ2) is 6.57. The maximum absolute atomic E-state index is 12.0. The molecule has 0 aliphatic carbocycles. The molecular formula is C14H29N3O2. The van der Waals surface area contributed by atoms with Gasteiger partial charge in [0.05, 0.1) is 0 Å². The molecule has 1 heterocycles. The minimum Gasteiger partial charge on any atom is -0.444 e. The van der Waals surface area contributed by atoms with E-state index in [-0.39, 0.29) is 12.1 Å². The van der Waals surface area contributed by atoms with Crippen molar-refractivity contribution < 1.29 is 9.53 Å². The van der Waals surface area contributed by atoms with Crippen LogP contribution in [0.5, 0.6) is 0 Å². The third-order valence-corrected chi connectivity index (χ3v) is 3.38. The second-order valence-corrected chi connectivity index (χ2v) is 6.88. The van der Waals surface area contributed by atoms with Gasteiger partial charge in [0.2, 0.25) is 0 Å². The number of ether oxygens (including phenoxy) is 1. The van der Waals surface area contributed by atoms with E-state index in [1.807, 2.05) is 20.8 Å². The van der Waals surface area contributed by atoms with E-state index in [0.29, 0.717) is 11.8 Å². The first-order valence-corrected chi connectivity index (χ1v) is 7.17. The highest BCUT2D eigenvalue weighted by atomic mass is 16.6.